The van der Waals surface area contributed by atoms with Crippen molar-refractivity contribution >= 4 is 22.8 Å². The number of methoxy groups -OCH3 is 1. The number of carbonyl (C=O) groups is 1. The Morgan fingerprint density at radius 3 is 2.92 bits per heavy atom. The summed E-state index contributed by atoms with van der Waals surface area (Å²) in [6, 6.07) is 6.57. The number of aromatic nitrogens is 3. The van der Waals surface area contributed by atoms with Crippen molar-refractivity contribution in [1.82, 2.24) is 15.0 Å². The van der Waals surface area contributed by atoms with Crippen molar-refractivity contribution in [2.75, 3.05) is 12.4 Å². The molecule has 128 valence electrons. The maximum atomic E-state index is 14.5. The Hall–Kier alpha value is -3.03. The number of carbonyl (C=O) groups excluding carboxylic acids is 1. The number of alkyl halides is 1. The van der Waals surface area contributed by atoms with Crippen LogP contribution >= 0.6 is 0 Å². The van der Waals surface area contributed by atoms with Crippen molar-refractivity contribution in [3.8, 4) is 17.0 Å². The average Bonchev–Trinajstić information content (AvgIpc) is 3.25. The number of ether oxygens (including phenoxy) is 1. The third-order valence-electron chi connectivity index (χ3n) is 4.15. The lowest BCUT2D eigenvalue weighted by Crippen LogP contribution is -2.15. The lowest BCUT2D eigenvalue weighted by atomic mass is 10.1. The minimum absolute atomic E-state index is 0.232. The summed E-state index contributed by atoms with van der Waals surface area (Å²) in [7, 11) is 1.46. The smallest absolute Gasteiger partial charge is 0.231 e. The molecule has 1 fully saturated rings. The summed E-state index contributed by atoms with van der Waals surface area (Å²) in [5.41, 5.74) is 1.05. The number of fused-ring (bicyclic) bond motifs is 1. The third kappa shape index (κ3) is 2.69. The molecule has 3 aromatic heterocycles. The van der Waals surface area contributed by atoms with Gasteiger partial charge in [0, 0.05) is 17.1 Å². The van der Waals surface area contributed by atoms with E-state index in [2.05, 4.69) is 20.3 Å². The fourth-order valence-corrected chi connectivity index (χ4v) is 2.77. The molecule has 0 spiro atoms. The monoisotopic (exact) mass is 344 g/mol. The van der Waals surface area contributed by atoms with Crippen LogP contribution in [0.3, 0.4) is 0 Å². The molecule has 3 aromatic rings. The Morgan fingerprint density at radius 1 is 1.40 bits per heavy atom. The van der Waals surface area contributed by atoms with Crippen molar-refractivity contribution in [3.05, 3.63) is 36.4 Å². The van der Waals surface area contributed by atoms with Crippen LogP contribution < -0.4 is 10.1 Å². The molecule has 3 heterocycles. The van der Waals surface area contributed by atoms with Gasteiger partial charge in [-0.05, 0) is 30.7 Å². The Morgan fingerprint density at radius 2 is 2.20 bits per heavy atom. The van der Waals surface area contributed by atoms with E-state index in [-0.39, 0.29) is 23.4 Å². The first-order valence-electron chi connectivity index (χ1n) is 7.71. The zero-order valence-electron chi connectivity index (χ0n) is 13.2. The van der Waals surface area contributed by atoms with Gasteiger partial charge in [-0.1, -0.05) is 0 Å². The predicted molar refractivity (Wildman–Crippen MR) is 87.5 cm³/mol. The first-order valence-corrected chi connectivity index (χ1v) is 7.71. The van der Waals surface area contributed by atoms with Gasteiger partial charge in [-0.2, -0.15) is 4.39 Å². The first-order chi connectivity index (χ1) is 12.1. The first kappa shape index (κ1) is 15.5. The molecule has 1 amide bonds. The second-order valence-electron chi connectivity index (χ2n) is 5.81. The molecule has 2 unspecified atom stereocenters. The highest BCUT2D eigenvalue weighted by atomic mass is 19.1. The molecule has 25 heavy (non-hydrogen) atoms. The fourth-order valence-electron chi connectivity index (χ4n) is 2.77. The number of nitrogens with zero attached hydrogens (tertiary/aromatic N) is 2. The molecule has 0 radical (unpaired) electrons. The summed E-state index contributed by atoms with van der Waals surface area (Å²) in [6.07, 6.45) is 0.698. The van der Waals surface area contributed by atoms with Crippen LogP contribution in [0.2, 0.25) is 0 Å². The highest BCUT2D eigenvalue weighted by Gasteiger charge is 2.43. The minimum atomic E-state index is -1.09. The number of anilines is 1. The van der Waals surface area contributed by atoms with Gasteiger partial charge in [0.2, 0.25) is 17.7 Å². The van der Waals surface area contributed by atoms with E-state index in [1.54, 1.807) is 30.5 Å². The molecular formula is C17H14F2N4O2. The number of hydrogen-bond acceptors (Lipinski definition) is 4. The van der Waals surface area contributed by atoms with E-state index in [0.29, 0.717) is 16.8 Å². The molecule has 0 aromatic carbocycles. The van der Waals surface area contributed by atoms with Crippen LogP contribution in [0.25, 0.3) is 22.2 Å². The van der Waals surface area contributed by atoms with Crippen molar-refractivity contribution in [3.63, 3.8) is 0 Å². The predicted octanol–water partition coefficient (Wildman–Crippen LogP) is 3.07. The number of amides is 1. The quantitative estimate of drug-likeness (QED) is 0.762. The molecule has 1 saturated carbocycles. The molecule has 6 nitrogen and oxygen atoms in total. The standard InChI is InChI=1S/C17H14F2N4O2/c1-25-17-9(3-2-6-20-17)13-8-4-5-12(21-15(8)23-14(13)19)22-16(24)10-7-11(10)18/h2-6,10-11H,7H2,1H3,(H2,21,22,23,24). The Labute approximate surface area is 141 Å². The van der Waals surface area contributed by atoms with E-state index in [1.165, 1.54) is 7.11 Å². The van der Waals surface area contributed by atoms with Gasteiger partial charge in [-0.15, -0.1) is 0 Å². The molecule has 0 saturated heterocycles. The van der Waals surface area contributed by atoms with E-state index < -0.39 is 23.9 Å². The van der Waals surface area contributed by atoms with Crippen molar-refractivity contribution < 1.29 is 18.3 Å². The van der Waals surface area contributed by atoms with Crippen LogP contribution in [-0.4, -0.2) is 34.1 Å². The normalized spacial score (nSPS) is 19.0. The Balaban J connectivity index is 1.72. The van der Waals surface area contributed by atoms with Gasteiger partial charge in [0.1, 0.15) is 17.6 Å². The van der Waals surface area contributed by atoms with Crippen LogP contribution in [0.4, 0.5) is 14.6 Å². The lowest BCUT2D eigenvalue weighted by molar-refractivity contribution is -0.117. The maximum absolute atomic E-state index is 14.5. The summed E-state index contributed by atoms with van der Waals surface area (Å²) < 4.78 is 32.6. The van der Waals surface area contributed by atoms with Crippen LogP contribution in [-0.2, 0) is 4.79 Å². The van der Waals surface area contributed by atoms with Crippen LogP contribution in [0, 0.1) is 11.9 Å². The second-order valence-corrected chi connectivity index (χ2v) is 5.81. The minimum Gasteiger partial charge on any atom is -0.481 e. The number of pyridine rings is 2. The van der Waals surface area contributed by atoms with Gasteiger partial charge >= 0.3 is 0 Å². The number of nitrogens with one attached hydrogen (secondary N) is 2. The summed E-state index contributed by atoms with van der Waals surface area (Å²) in [4.78, 5) is 22.6. The topological polar surface area (TPSA) is 79.9 Å². The highest BCUT2D eigenvalue weighted by molar-refractivity contribution is 5.98. The summed E-state index contributed by atoms with van der Waals surface area (Å²) in [5, 5.41) is 3.07. The Kier molecular flexibility index (Phi) is 3.60. The van der Waals surface area contributed by atoms with E-state index in [4.69, 9.17) is 4.74 Å². The van der Waals surface area contributed by atoms with Crippen LogP contribution in [0.1, 0.15) is 6.42 Å². The van der Waals surface area contributed by atoms with Gasteiger partial charge in [0.05, 0.1) is 18.6 Å². The molecular weight excluding hydrogens is 330 g/mol. The molecule has 0 aliphatic heterocycles. The fraction of sp³-hybridized carbons (Fsp3) is 0.235. The molecule has 4 rings (SSSR count). The Bertz CT molecular complexity index is 972. The average molecular weight is 344 g/mol. The van der Waals surface area contributed by atoms with Gasteiger partial charge in [-0.3, -0.25) is 4.79 Å². The van der Waals surface area contributed by atoms with Gasteiger partial charge in [0.15, 0.2) is 0 Å². The van der Waals surface area contributed by atoms with E-state index >= 15 is 0 Å². The van der Waals surface area contributed by atoms with Crippen LogP contribution in [0.5, 0.6) is 5.88 Å². The SMILES string of the molecule is COc1ncccc1-c1c(F)[nH]c2nc(NC(=O)C3CC3F)ccc12. The lowest BCUT2D eigenvalue weighted by Gasteiger charge is -2.06. The summed E-state index contributed by atoms with van der Waals surface area (Å²) in [5.74, 6) is -1.08. The van der Waals surface area contributed by atoms with E-state index in [0.717, 1.165) is 0 Å². The van der Waals surface area contributed by atoms with Crippen LogP contribution in [0.15, 0.2) is 30.5 Å². The van der Waals surface area contributed by atoms with E-state index in [9.17, 15) is 13.6 Å². The van der Waals surface area contributed by atoms with Crippen molar-refractivity contribution in [2.24, 2.45) is 5.92 Å². The molecule has 0 bridgehead atoms. The largest absolute Gasteiger partial charge is 0.481 e. The number of aromatic amines is 1. The molecule has 2 N–H and O–H groups in total. The number of halogens is 2. The molecule has 8 heteroatoms. The van der Waals surface area contributed by atoms with Crippen molar-refractivity contribution in [1.29, 1.82) is 0 Å². The number of H-pyrrole nitrogens is 1. The summed E-state index contributed by atoms with van der Waals surface area (Å²) in [6.45, 7) is 0. The number of rotatable bonds is 4. The van der Waals surface area contributed by atoms with E-state index in [1.807, 2.05) is 0 Å². The zero-order valence-corrected chi connectivity index (χ0v) is 13.2. The third-order valence-corrected chi connectivity index (χ3v) is 4.15. The number of hydrogen-bond donors (Lipinski definition) is 2. The highest BCUT2D eigenvalue weighted by Crippen LogP contribution is 2.37. The van der Waals surface area contributed by atoms with Gasteiger partial charge < -0.3 is 15.0 Å². The molecule has 1 aliphatic carbocycles. The van der Waals surface area contributed by atoms with Gasteiger partial charge in [0.25, 0.3) is 0 Å². The molecule has 2 atom stereocenters. The van der Waals surface area contributed by atoms with Crippen molar-refractivity contribution in [2.45, 2.75) is 12.6 Å². The maximum Gasteiger partial charge on any atom is 0.231 e. The van der Waals surface area contributed by atoms with Gasteiger partial charge in [-0.25, -0.2) is 14.4 Å². The summed E-state index contributed by atoms with van der Waals surface area (Å²) >= 11 is 0. The second kappa shape index (κ2) is 5.80. The molecule has 1 aliphatic rings. The zero-order chi connectivity index (χ0) is 17.6.